The Labute approximate surface area is 163 Å². The summed E-state index contributed by atoms with van der Waals surface area (Å²) in [6, 6.07) is 6.20. The van der Waals surface area contributed by atoms with Crippen LogP contribution in [0, 0.1) is 24.2 Å². The summed E-state index contributed by atoms with van der Waals surface area (Å²) in [4.78, 5) is 22.8. The molecule has 1 saturated carbocycles. The number of aromatic nitrogens is 1. The van der Waals surface area contributed by atoms with Gasteiger partial charge in [0.2, 0.25) is 0 Å². The van der Waals surface area contributed by atoms with Gasteiger partial charge in [-0.1, -0.05) is 6.07 Å². The van der Waals surface area contributed by atoms with E-state index in [0.29, 0.717) is 12.5 Å². The molecule has 0 aromatic carbocycles. The third-order valence-corrected chi connectivity index (χ3v) is 6.57. The maximum Gasteiger partial charge on any atom is 0.313 e. The summed E-state index contributed by atoms with van der Waals surface area (Å²) >= 11 is 0. The second kappa shape index (κ2) is 7.88. The largest absolute Gasteiger partial charge is 0.466 e. The van der Waals surface area contributed by atoms with Crippen LogP contribution in [0.3, 0.4) is 0 Å². The number of hydrogen-bond acceptors (Lipinski definition) is 5. The maximum atomic E-state index is 13.1. The van der Waals surface area contributed by atoms with Gasteiger partial charge in [0.15, 0.2) is 0 Å². The molecule has 2 aliphatic heterocycles. The van der Waals surface area contributed by atoms with Gasteiger partial charge in [-0.05, 0) is 64.1 Å². The number of aryl methyl sites for hydroxylation is 1. The van der Waals surface area contributed by atoms with Crippen LogP contribution < -0.4 is 0 Å². The number of fused-ring (bicyclic) bond motifs is 1. The lowest BCUT2D eigenvalue weighted by Gasteiger charge is -2.31. The van der Waals surface area contributed by atoms with Crippen LogP contribution >= 0.6 is 0 Å². The molecular weight excluding hydrogens is 338 g/mol. The van der Waals surface area contributed by atoms with Crippen LogP contribution in [0.25, 0.3) is 0 Å². The number of ether oxygens (including phenoxy) is 1. The second-order valence-corrected chi connectivity index (χ2v) is 8.82. The van der Waals surface area contributed by atoms with Crippen molar-refractivity contribution in [2.75, 3.05) is 39.3 Å². The van der Waals surface area contributed by atoms with Crippen molar-refractivity contribution in [3.05, 3.63) is 29.6 Å². The van der Waals surface area contributed by atoms with E-state index in [1.807, 2.05) is 19.9 Å². The lowest BCUT2D eigenvalue weighted by Crippen LogP contribution is -2.42. The first-order chi connectivity index (χ1) is 13.1. The number of likely N-dealkylation sites (tertiary alicyclic amines) is 2. The molecule has 1 aromatic rings. The molecule has 27 heavy (non-hydrogen) atoms. The topological polar surface area (TPSA) is 45.7 Å². The monoisotopic (exact) mass is 371 g/mol. The van der Waals surface area contributed by atoms with Gasteiger partial charge in [-0.25, -0.2) is 0 Å². The zero-order valence-electron chi connectivity index (χ0n) is 16.8. The molecule has 2 atom stereocenters. The number of carbonyl (C=O) groups is 1. The fourth-order valence-electron chi connectivity index (χ4n) is 5.09. The summed E-state index contributed by atoms with van der Waals surface area (Å²) in [6.07, 6.45) is 4.82. The first kappa shape index (κ1) is 18.9. The van der Waals surface area contributed by atoms with E-state index in [9.17, 15) is 4.79 Å². The van der Waals surface area contributed by atoms with E-state index in [1.165, 1.54) is 19.4 Å². The summed E-state index contributed by atoms with van der Waals surface area (Å²) in [5, 5.41) is 0. The van der Waals surface area contributed by atoms with Crippen LogP contribution in [-0.2, 0) is 16.1 Å². The van der Waals surface area contributed by atoms with Crippen LogP contribution in [0.1, 0.15) is 44.0 Å². The van der Waals surface area contributed by atoms with Gasteiger partial charge < -0.3 is 9.64 Å². The predicted molar refractivity (Wildman–Crippen MR) is 105 cm³/mol. The van der Waals surface area contributed by atoms with Gasteiger partial charge in [-0.15, -0.1) is 0 Å². The highest BCUT2D eigenvalue weighted by atomic mass is 16.5. The van der Waals surface area contributed by atoms with Crippen molar-refractivity contribution in [3.63, 3.8) is 0 Å². The van der Waals surface area contributed by atoms with Crippen LogP contribution in [0.2, 0.25) is 0 Å². The first-order valence-corrected chi connectivity index (χ1v) is 10.6. The van der Waals surface area contributed by atoms with E-state index in [4.69, 9.17) is 4.74 Å². The van der Waals surface area contributed by atoms with Crippen molar-refractivity contribution in [2.45, 2.75) is 46.1 Å². The SMILES string of the molecule is CCOC(=O)[C@@]12CCCN(CC3CC3)C[C@@H]1CN(Cc1cccc(C)n1)C2. The lowest BCUT2D eigenvalue weighted by atomic mass is 9.75. The number of nitrogens with zero attached hydrogens (tertiary/aromatic N) is 3. The molecule has 5 heteroatoms. The highest BCUT2D eigenvalue weighted by Gasteiger charge is 2.54. The molecule has 0 amide bonds. The van der Waals surface area contributed by atoms with E-state index in [1.54, 1.807) is 0 Å². The van der Waals surface area contributed by atoms with Crippen molar-refractivity contribution in [2.24, 2.45) is 17.3 Å². The molecule has 0 radical (unpaired) electrons. The Morgan fingerprint density at radius 3 is 2.85 bits per heavy atom. The van der Waals surface area contributed by atoms with Crippen molar-refractivity contribution >= 4 is 5.97 Å². The summed E-state index contributed by atoms with van der Waals surface area (Å²) in [5.74, 6) is 1.29. The lowest BCUT2D eigenvalue weighted by molar-refractivity contribution is -0.157. The molecule has 0 spiro atoms. The molecule has 3 aliphatic rings. The Morgan fingerprint density at radius 2 is 2.11 bits per heavy atom. The minimum atomic E-state index is -0.335. The number of rotatable bonds is 6. The predicted octanol–water partition coefficient (Wildman–Crippen LogP) is 2.88. The Kier molecular flexibility index (Phi) is 5.51. The molecular formula is C22H33N3O2. The summed E-state index contributed by atoms with van der Waals surface area (Å²) in [6.45, 7) is 10.4. The first-order valence-electron chi connectivity index (χ1n) is 10.6. The Balaban J connectivity index is 1.52. The van der Waals surface area contributed by atoms with Crippen LogP contribution in [0.4, 0.5) is 0 Å². The summed E-state index contributed by atoms with van der Waals surface area (Å²) < 4.78 is 5.59. The zero-order valence-corrected chi connectivity index (χ0v) is 16.8. The molecule has 3 fully saturated rings. The van der Waals surface area contributed by atoms with Crippen molar-refractivity contribution in [3.8, 4) is 0 Å². The van der Waals surface area contributed by atoms with Gasteiger partial charge in [0.1, 0.15) is 0 Å². The van der Waals surface area contributed by atoms with Crippen LogP contribution in [0.15, 0.2) is 18.2 Å². The maximum absolute atomic E-state index is 13.1. The number of esters is 1. The molecule has 3 heterocycles. The minimum absolute atomic E-state index is 0.0305. The average Bonchev–Trinajstić information content (AvgIpc) is 3.40. The molecule has 148 valence electrons. The van der Waals surface area contributed by atoms with Crippen LogP contribution in [-0.4, -0.2) is 60.1 Å². The number of hydrogen-bond donors (Lipinski definition) is 0. The molecule has 1 aromatic heterocycles. The zero-order chi connectivity index (χ0) is 18.9. The fraction of sp³-hybridized carbons (Fsp3) is 0.727. The molecule has 0 bridgehead atoms. The molecule has 2 saturated heterocycles. The van der Waals surface area contributed by atoms with Gasteiger partial charge in [0, 0.05) is 44.3 Å². The number of carbonyl (C=O) groups excluding carboxylic acids is 1. The quantitative estimate of drug-likeness (QED) is 0.720. The average molecular weight is 372 g/mol. The normalized spacial score (nSPS) is 29.3. The highest BCUT2D eigenvalue weighted by Crippen LogP contribution is 2.44. The van der Waals surface area contributed by atoms with Crippen molar-refractivity contribution in [1.82, 2.24) is 14.8 Å². The Morgan fingerprint density at radius 1 is 1.30 bits per heavy atom. The van der Waals surface area contributed by atoms with Crippen molar-refractivity contribution < 1.29 is 9.53 Å². The van der Waals surface area contributed by atoms with Gasteiger partial charge in [-0.2, -0.15) is 0 Å². The van der Waals surface area contributed by atoms with Gasteiger partial charge in [-0.3, -0.25) is 14.7 Å². The smallest absolute Gasteiger partial charge is 0.313 e. The fourth-order valence-corrected chi connectivity index (χ4v) is 5.09. The molecule has 0 unspecified atom stereocenters. The Bertz CT molecular complexity index is 675. The van der Waals surface area contributed by atoms with Gasteiger partial charge in [0.25, 0.3) is 0 Å². The van der Waals surface area contributed by atoms with Gasteiger partial charge in [0.05, 0.1) is 17.7 Å². The van der Waals surface area contributed by atoms with E-state index >= 15 is 0 Å². The van der Waals surface area contributed by atoms with E-state index in [2.05, 4.69) is 26.9 Å². The second-order valence-electron chi connectivity index (χ2n) is 8.82. The van der Waals surface area contributed by atoms with Gasteiger partial charge >= 0.3 is 5.97 Å². The molecule has 0 N–H and O–H groups in total. The summed E-state index contributed by atoms with van der Waals surface area (Å²) in [7, 11) is 0. The third kappa shape index (κ3) is 4.19. The minimum Gasteiger partial charge on any atom is -0.466 e. The Hall–Kier alpha value is -1.46. The highest BCUT2D eigenvalue weighted by molar-refractivity contribution is 5.78. The van der Waals surface area contributed by atoms with E-state index in [-0.39, 0.29) is 11.4 Å². The summed E-state index contributed by atoms with van der Waals surface area (Å²) in [5.41, 5.74) is 1.81. The van der Waals surface area contributed by atoms with Crippen LogP contribution in [0.5, 0.6) is 0 Å². The van der Waals surface area contributed by atoms with E-state index in [0.717, 1.165) is 62.9 Å². The third-order valence-electron chi connectivity index (χ3n) is 6.57. The molecule has 4 rings (SSSR count). The number of pyridine rings is 1. The standard InChI is InChI=1S/C22H33N3O2/c1-3-27-21(26)22-10-5-11-24(12-18-8-9-18)13-19(22)14-25(16-22)15-20-7-4-6-17(2)23-20/h4,6-7,18-19H,3,5,8-16H2,1-2H3/t19-,22-/m1/s1. The van der Waals surface area contributed by atoms with E-state index < -0.39 is 0 Å². The van der Waals surface area contributed by atoms with Crippen molar-refractivity contribution in [1.29, 1.82) is 0 Å². The molecule has 1 aliphatic carbocycles. The molecule has 5 nitrogen and oxygen atoms in total.